The summed E-state index contributed by atoms with van der Waals surface area (Å²) in [6, 6.07) is 0. The first kappa shape index (κ1) is 25.0. The molecule has 1 nitrogen and oxygen atoms in total. The summed E-state index contributed by atoms with van der Waals surface area (Å²) in [7, 11) is 0. The van der Waals surface area contributed by atoms with E-state index in [2.05, 4.69) is 69.2 Å². The molecular weight excluding hydrogens is 304 g/mol. The van der Waals surface area contributed by atoms with E-state index in [0.717, 1.165) is 23.7 Å². The second-order valence-corrected chi connectivity index (χ2v) is 9.92. The van der Waals surface area contributed by atoms with Crippen LogP contribution in [0.2, 0.25) is 0 Å². The second kappa shape index (κ2) is 13.2. The molecule has 0 radical (unpaired) electrons. The quantitative estimate of drug-likeness (QED) is 0.307. The molecule has 0 fully saturated rings. The molecule has 0 aliphatic heterocycles. The van der Waals surface area contributed by atoms with Crippen LogP contribution in [-0.4, -0.2) is 12.2 Å². The molecule has 0 N–H and O–H groups in total. The predicted octanol–water partition coefficient (Wildman–Crippen LogP) is 7.98. The van der Waals surface area contributed by atoms with Crippen LogP contribution in [0.3, 0.4) is 0 Å². The summed E-state index contributed by atoms with van der Waals surface area (Å²) < 4.78 is 6.92. The Kier molecular flexibility index (Phi) is 13.2. The van der Waals surface area contributed by atoms with Gasteiger partial charge in [0.1, 0.15) is 0 Å². The second-order valence-electron chi connectivity index (χ2n) is 9.92. The maximum atomic E-state index is 6.92. The minimum atomic E-state index is 0.418. The Hall–Kier alpha value is -0.0400. The molecule has 0 amide bonds. The average molecular weight is 355 g/mol. The molecule has 0 heterocycles. The molecule has 0 aromatic heterocycles. The average Bonchev–Trinajstić information content (AvgIpc) is 2.51. The minimum Gasteiger partial charge on any atom is -0.374 e. The van der Waals surface area contributed by atoms with Gasteiger partial charge in [0.15, 0.2) is 0 Å². The molecule has 0 saturated carbocycles. The summed E-state index contributed by atoms with van der Waals surface area (Å²) in [4.78, 5) is 0. The van der Waals surface area contributed by atoms with Crippen molar-refractivity contribution < 1.29 is 4.74 Å². The van der Waals surface area contributed by atoms with Gasteiger partial charge < -0.3 is 4.74 Å². The van der Waals surface area contributed by atoms with Crippen LogP contribution in [0, 0.1) is 35.5 Å². The molecule has 152 valence electrons. The van der Waals surface area contributed by atoms with Gasteiger partial charge in [-0.25, -0.2) is 0 Å². The third kappa shape index (κ3) is 11.3. The number of hydrogen-bond acceptors (Lipinski definition) is 1. The van der Waals surface area contributed by atoms with Crippen molar-refractivity contribution in [1.29, 1.82) is 0 Å². The Balaban J connectivity index is 5.17. The molecular formula is C24H50O. The zero-order valence-corrected chi connectivity index (χ0v) is 19.3. The van der Waals surface area contributed by atoms with E-state index in [1.165, 1.54) is 38.5 Å². The molecule has 25 heavy (non-hydrogen) atoms. The van der Waals surface area contributed by atoms with Crippen molar-refractivity contribution in [2.24, 2.45) is 35.5 Å². The van der Waals surface area contributed by atoms with E-state index in [9.17, 15) is 0 Å². The van der Waals surface area contributed by atoms with Gasteiger partial charge in [-0.05, 0) is 61.2 Å². The van der Waals surface area contributed by atoms with E-state index in [1.54, 1.807) is 0 Å². The third-order valence-corrected chi connectivity index (χ3v) is 5.97. The van der Waals surface area contributed by atoms with E-state index in [1.807, 2.05) is 0 Å². The highest BCUT2D eigenvalue weighted by Gasteiger charge is 2.28. The lowest BCUT2D eigenvalue weighted by molar-refractivity contribution is -0.0859. The van der Waals surface area contributed by atoms with Crippen molar-refractivity contribution in [3.63, 3.8) is 0 Å². The molecule has 6 unspecified atom stereocenters. The molecule has 0 saturated heterocycles. The largest absolute Gasteiger partial charge is 0.374 e. The Bertz CT molecular complexity index is 279. The van der Waals surface area contributed by atoms with Gasteiger partial charge in [0, 0.05) is 0 Å². The maximum absolute atomic E-state index is 6.92. The molecule has 0 aromatic rings. The zero-order chi connectivity index (χ0) is 19.6. The first-order valence-electron chi connectivity index (χ1n) is 11.3. The molecule has 0 spiro atoms. The van der Waals surface area contributed by atoms with Gasteiger partial charge in [-0.3, -0.25) is 0 Å². The summed E-state index contributed by atoms with van der Waals surface area (Å²) in [6.45, 7) is 23.6. The lowest BCUT2D eigenvalue weighted by Crippen LogP contribution is -2.35. The van der Waals surface area contributed by atoms with Gasteiger partial charge in [0.2, 0.25) is 0 Å². The van der Waals surface area contributed by atoms with Gasteiger partial charge >= 0.3 is 0 Å². The fourth-order valence-corrected chi connectivity index (χ4v) is 3.99. The van der Waals surface area contributed by atoms with Crippen molar-refractivity contribution in [2.75, 3.05) is 0 Å². The van der Waals surface area contributed by atoms with Gasteiger partial charge in [0.05, 0.1) is 12.2 Å². The molecule has 0 rings (SSSR count). The molecule has 0 bridgehead atoms. The lowest BCUT2D eigenvalue weighted by Gasteiger charge is -2.36. The van der Waals surface area contributed by atoms with Crippen LogP contribution < -0.4 is 0 Å². The first-order chi connectivity index (χ1) is 11.6. The van der Waals surface area contributed by atoms with E-state index >= 15 is 0 Å². The van der Waals surface area contributed by atoms with Crippen LogP contribution in [-0.2, 0) is 4.74 Å². The highest BCUT2D eigenvalue weighted by molar-refractivity contribution is 4.77. The van der Waals surface area contributed by atoms with Gasteiger partial charge in [-0.2, -0.15) is 0 Å². The molecule has 0 aromatic carbocycles. The Morgan fingerprint density at radius 2 is 0.840 bits per heavy atom. The van der Waals surface area contributed by atoms with Gasteiger partial charge in [-0.1, -0.05) is 82.1 Å². The van der Waals surface area contributed by atoms with Crippen molar-refractivity contribution >= 4 is 0 Å². The summed E-state index contributed by atoms with van der Waals surface area (Å²) >= 11 is 0. The molecule has 1 heteroatoms. The predicted molar refractivity (Wildman–Crippen MR) is 114 cm³/mol. The Labute approximate surface area is 160 Å². The number of ether oxygens (including phenoxy) is 1. The van der Waals surface area contributed by atoms with E-state index in [4.69, 9.17) is 4.74 Å². The van der Waals surface area contributed by atoms with Crippen molar-refractivity contribution in [3.8, 4) is 0 Å². The normalized spacial score (nSPS) is 19.7. The topological polar surface area (TPSA) is 9.23 Å². The monoisotopic (exact) mass is 354 g/mol. The fourth-order valence-electron chi connectivity index (χ4n) is 3.99. The Morgan fingerprint density at radius 3 is 1.08 bits per heavy atom. The van der Waals surface area contributed by atoms with Crippen LogP contribution in [0.15, 0.2) is 0 Å². The number of hydrogen-bond donors (Lipinski definition) is 0. The summed E-state index contributed by atoms with van der Waals surface area (Å²) in [5.74, 6) is 4.31. The lowest BCUT2D eigenvalue weighted by atomic mass is 9.85. The Morgan fingerprint density at radius 1 is 0.520 bits per heavy atom. The zero-order valence-electron chi connectivity index (χ0n) is 19.3. The van der Waals surface area contributed by atoms with Crippen LogP contribution >= 0.6 is 0 Å². The van der Waals surface area contributed by atoms with Gasteiger partial charge in [-0.15, -0.1) is 0 Å². The highest BCUT2D eigenvalue weighted by Crippen LogP contribution is 2.31. The molecule has 0 aliphatic rings. The van der Waals surface area contributed by atoms with Gasteiger partial charge in [0.25, 0.3) is 0 Å². The molecule has 6 atom stereocenters. The van der Waals surface area contributed by atoms with E-state index in [-0.39, 0.29) is 0 Å². The van der Waals surface area contributed by atoms with Crippen LogP contribution in [0.1, 0.15) is 108 Å². The molecule has 0 aliphatic carbocycles. The van der Waals surface area contributed by atoms with Crippen LogP contribution in [0.5, 0.6) is 0 Å². The summed E-state index contributed by atoms with van der Waals surface area (Å²) in [5.41, 5.74) is 0. The van der Waals surface area contributed by atoms with Crippen LogP contribution in [0.25, 0.3) is 0 Å². The van der Waals surface area contributed by atoms with Crippen LogP contribution in [0.4, 0.5) is 0 Å². The van der Waals surface area contributed by atoms with E-state index in [0.29, 0.717) is 24.0 Å². The SMILES string of the molecule is CCC(C)CC(OC(CC(C)CC)C(C)CC(C)C)C(C)CC(C)C. The highest BCUT2D eigenvalue weighted by atomic mass is 16.5. The first-order valence-corrected chi connectivity index (χ1v) is 11.3. The van der Waals surface area contributed by atoms with Crippen molar-refractivity contribution in [3.05, 3.63) is 0 Å². The van der Waals surface area contributed by atoms with Crippen molar-refractivity contribution in [1.82, 2.24) is 0 Å². The number of rotatable bonds is 14. The van der Waals surface area contributed by atoms with E-state index < -0.39 is 0 Å². The third-order valence-electron chi connectivity index (χ3n) is 5.97. The minimum absolute atomic E-state index is 0.418. The van der Waals surface area contributed by atoms with Crippen molar-refractivity contribution in [2.45, 2.75) is 120 Å². The fraction of sp³-hybridized carbons (Fsp3) is 1.00. The maximum Gasteiger partial charge on any atom is 0.0607 e. The standard InChI is InChI=1S/C24H50O/c1-11-19(7)15-23(21(9)13-17(3)4)25-24(16-20(8)12-2)22(10)14-18(5)6/h17-24H,11-16H2,1-10H3. The summed E-state index contributed by atoms with van der Waals surface area (Å²) in [6.07, 6.45) is 8.33. The smallest absolute Gasteiger partial charge is 0.0607 e. The summed E-state index contributed by atoms with van der Waals surface area (Å²) in [5, 5.41) is 0.